The first-order valence-electron chi connectivity index (χ1n) is 8.42. The number of halogens is 1. The predicted octanol–water partition coefficient (Wildman–Crippen LogP) is 3.39. The van der Waals surface area contributed by atoms with Gasteiger partial charge in [0.05, 0.1) is 20.3 Å². The maximum atomic E-state index is 5.60. The van der Waals surface area contributed by atoms with Crippen molar-refractivity contribution in [3.8, 4) is 11.5 Å². The monoisotopic (exact) mass is 479 g/mol. The highest BCUT2D eigenvalue weighted by atomic mass is 127. The number of benzene rings is 1. The van der Waals surface area contributed by atoms with Crippen molar-refractivity contribution in [1.82, 2.24) is 10.2 Å². The van der Waals surface area contributed by atoms with Crippen molar-refractivity contribution >= 4 is 29.9 Å². The minimum atomic E-state index is 0. The fourth-order valence-electron chi connectivity index (χ4n) is 2.62. The molecule has 0 aliphatic rings. The van der Waals surface area contributed by atoms with Gasteiger partial charge in [-0.2, -0.15) is 0 Å². The van der Waals surface area contributed by atoms with Crippen molar-refractivity contribution in [3.63, 3.8) is 0 Å². The Hall–Kier alpha value is -1.22. The molecule has 1 rings (SSSR count). The summed E-state index contributed by atoms with van der Waals surface area (Å²) in [6.07, 6.45) is 0.0909. The van der Waals surface area contributed by atoms with E-state index in [2.05, 4.69) is 36.0 Å². The number of hydrogen-bond donors (Lipinski definition) is 1. The highest BCUT2D eigenvalue weighted by Gasteiger charge is 2.24. The van der Waals surface area contributed by atoms with Crippen LogP contribution >= 0.6 is 24.0 Å². The third-order valence-electron chi connectivity index (χ3n) is 4.17. The Morgan fingerprint density at radius 3 is 2.31 bits per heavy atom. The second-order valence-corrected chi connectivity index (χ2v) is 7.05. The molecule has 1 aromatic rings. The minimum Gasteiger partial charge on any atom is -0.497 e. The summed E-state index contributed by atoms with van der Waals surface area (Å²) < 4.78 is 16.3. The van der Waals surface area contributed by atoms with Crippen LogP contribution in [0.5, 0.6) is 11.5 Å². The number of methoxy groups -OCH3 is 3. The molecule has 150 valence electrons. The van der Waals surface area contributed by atoms with Gasteiger partial charge in [-0.3, -0.25) is 4.99 Å². The second-order valence-electron chi connectivity index (χ2n) is 7.05. The van der Waals surface area contributed by atoms with Gasteiger partial charge in [0.1, 0.15) is 11.5 Å². The van der Waals surface area contributed by atoms with E-state index >= 15 is 0 Å². The van der Waals surface area contributed by atoms with E-state index in [-0.39, 0.29) is 35.5 Å². The second kappa shape index (κ2) is 11.5. The summed E-state index contributed by atoms with van der Waals surface area (Å²) in [7, 11) is 8.83. The number of ether oxygens (including phenoxy) is 3. The van der Waals surface area contributed by atoms with Crippen molar-refractivity contribution in [1.29, 1.82) is 0 Å². The quantitative estimate of drug-likeness (QED) is 0.369. The number of nitrogens with zero attached hydrogens (tertiary/aromatic N) is 2. The maximum absolute atomic E-state index is 5.60. The summed E-state index contributed by atoms with van der Waals surface area (Å²) in [5.41, 5.74) is 1.12. The van der Waals surface area contributed by atoms with Crippen LogP contribution in [0.3, 0.4) is 0 Å². The third kappa shape index (κ3) is 7.19. The zero-order valence-electron chi connectivity index (χ0n) is 17.3. The summed E-state index contributed by atoms with van der Waals surface area (Å²) in [4.78, 5) is 6.43. The van der Waals surface area contributed by atoms with Crippen molar-refractivity contribution in [2.24, 2.45) is 10.4 Å². The molecule has 1 unspecified atom stereocenters. The average molecular weight is 479 g/mol. The van der Waals surface area contributed by atoms with E-state index in [1.54, 1.807) is 28.4 Å². The third-order valence-corrected chi connectivity index (χ3v) is 4.17. The van der Waals surface area contributed by atoms with Crippen molar-refractivity contribution in [3.05, 3.63) is 23.8 Å². The summed E-state index contributed by atoms with van der Waals surface area (Å²) in [5, 5.41) is 3.39. The molecule has 1 atom stereocenters. The first-order valence-corrected chi connectivity index (χ1v) is 8.42. The van der Waals surface area contributed by atoms with Gasteiger partial charge >= 0.3 is 0 Å². The molecule has 0 aliphatic carbocycles. The molecule has 0 saturated heterocycles. The lowest BCUT2D eigenvalue weighted by Gasteiger charge is -2.31. The lowest BCUT2D eigenvalue weighted by atomic mass is 9.89. The first-order chi connectivity index (χ1) is 11.8. The molecule has 1 N–H and O–H groups in total. The van der Waals surface area contributed by atoms with Gasteiger partial charge in [0.2, 0.25) is 0 Å². The van der Waals surface area contributed by atoms with Crippen LogP contribution in [-0.4, -0.2) is 58.9 Å². The van der Waals surface area contributed by atoms with Crippen LogP contribution in [0.4, 0.5) is 0 Å². The van der Waals surface area contributed by atoms with Gasteiger partial charge in [0, 0.05) is 45.9 Å². The molecule has 6 nitrogen and oxygen atoms in total. The zero-order valence-corrected chi connectivity index (χ0v) is 19.6. The zero-order chi connectivity index (χ0) is 19.0. The van der Waals surface area contributed by atoms with Gasteiger partial charge in [-0.05, 0) is 17.5 Å². The van der Waals surface area contributed by atoms with E-state index in [0.717, 1.165) is 23.0 Å². The molecule has 0 radical (unpaired) electrons. The van der Waals surface area contributed by atoms with Gasteiger partial charge in [-0.15, -0.1) is 24.0 Å². The van der Waals surface area contributed by atoms with Gasteiger partial charge in [0.15, 0.2) is 5.96 Å². The lowest BCUT2D eigenvalue weighted by Crippen LogP contribution is -2.45. The van der Waals surface area contributed by atoms with E-state index in [1.165, 1.54) is 0 Å². The number of guanidine groups is 1. The molecular weight excluding hydrogens is 445 g/mol. The molecule has 1 aromatic carbocycles. The summed E-state index contributed by atoms with van der Waals surface area (Å²) in [6, 6.07) is 5.83. The summed E-state index contributed by atoms with van der Waals surface area (Å²) >= 11 is 0. The maximum Gasteiger partial charge on any atom is 0.193 e. The fourth-order valence-corrected chi connectivity index (χ4v) is 2.62. The Labute approximate surface area is 175 Å². The van der Waals surface area contributed by atoms with E-state index in [1.807, 2.05) is 25.2 Å². The van der Waals surface area contributed by atoms with Crippen molar-refractivity contribution < 1.29 is 14.2 Å². The van der Waals surface area contributed by atoms with Gasteiger partial charge in [-0.1, -0.05) is 20.8 Å². The van der Waals surface area contributed by atoms with Gasteiger partial charge < -0.3 is 24.4 Å². The summed E-state index contributed by atoms with van der Waals surface area (Å²) in [6.45, 7) is 7.85. The first kappa shape index (κ1) is 24.8. The lowest BCUT2D eigenvalue weighted by molar-refractivity contribution is 0.0202. The molecule has 0 saturated carbocycles. The van der Waals surface area contributed by atoms with Crippen molar-refractivity contribution in [2.45, 2.75) is 33.4 Å². The van der Waals surface area contributed by atoms with Crippen LogP contribution in [-0.2, 0) is 11.3 Å². The topological polar surface area (TPSA) is 55.3 Å². The Morgan fingerprint density at radius 2 is 1.85 bits per heavy atom. The van der Waals surface area contributed by atoms with Crippen molar-refractivity contribution in [2.75, 3.05) is 42.0 Å². The van der Waals surface area contributed by atoms with Gasteiger partial charge in [0.25, 0.3) is 0 Å². The number of nitrogens with one attached hydrogen (secondary N) is 1. The highest BCUT2D eigenvalue weighted by molar-refractivity contribution is 14.0. The normalized spacial score (nSPS) is 12.8. The van der Waals surface area contributed by atoms with Crippen LogP contribution in [0.25, 0.3) is 0 Å². The van der Waals surface area contributed by atoms with Crippen LogP contribution in [0.15, 0.2) is 23.2 Å². The smallest absolute Gasteiger partial charge is 0.193 e. The molecule has 0 fully saturated rings. The fraction of sp³-hybridized carbons (Fsp3) is 0.632. The van der Waals surface area contributed by atoms with Gasteiger partial charge in [-0.25, -0.2) is 0 Å². The van der Waals surface area contributed by atoms with Crippen LogP contribution in [0.1, 0.15) is 26.3 Å². The standard InChI is InChI=1S/C19H33N3O3.HI/c1-19(2,3)17(25-8)12-21-18(20-4)22(5)13-14-9-10-15(23-6)11-16(14)24-7;/h9-11,17H,12-13H2,1-8H3,(H,20,21);1H. The molecule has 0 bridgehead atoms. The Balaban J connectivity index is 0.00000625. The molecule has 0 amide bonds. The average Bonchev–Trinajstić information content (AvgIpc) is 2.57. The van der Waals surface area contributed by atoms with E-state index in [0.29, 0.717) is 13.1 Å². The van der Waals surface area contributed by atoms with Crippen LogP contribution in [0, 0.1) is 5.41 Å². The predicted molar refractivity (Wildman–Crippen MR) is 118 cm³/mol. The number of aliphatic imine (C=N–C) groups is 1. The molecule has 0 aliphatic heterocycles. The molecular formula is C19H34IN3O3. The van der Waals surface area contributed by atoms with Crippen LogP contribution in [0.2, 0.25) is 0 Å². The molecule has 0 heterocycles. The largest absolute Gasteiger partial charge is 0.497 e. The van der Waals surface area contributed by atoms with E-state index in [4.69, 9.17) is 14.2 Å². The summed E-state index contributed by atoms with van der Waals surface area (Å²) in [5.74, 6) is 2.38. The Morgan fingerprint density at radius 1 is 1.19 bits per heavy atom. The Kier molecular flexibility index (Phi) is 10.9. The van der Waals surface area contributed by atoms with Crippen LogP contribution < -0.4 is 14.8 Å². The number of rotatable bonds is 7. The molecule has 0 spiro atoms. The van der Waals surface area contributed by atoms with E-state index < -0.39 is 0 Å². The van der Waals surface area contributed by atoms with E-state index in [9.17, 15) is 0 Å². The SMILES string of the molecule is CN=C(NCC(OC)C(C)(C)C)N(C)Cc1ccc(OC)cc1OC.I. The molecule has 0 aromatic heterocycles. The minimum absolute atomic E-state index is 0. The Bertz CT molecular complexity index is 574. The number of hydrogen-bond acceptors (Lipinski definition) is 4. The highest BCUT2D eigenvalue weighted by Crippen LogP contribution is 2.25. The molecule has 7 heteroatoms. The molecule has 26 heavy (non-hydrogen) atoms.